The maximum atomic E-state index is 12.9. The molecule has 0 saturated heterocycles. The third-order valence-corrected chi connectivity index (χ3v) is 3.50. The largest absolute Gasteiger partial charge is 0.374 e. The first-order valence-corrected chi connectivity index (χ1v) is 6.27. The Bertz CT molecular complexity index is 372. The average molecular weight is 237 g/mol. The number of halogens is 1. The van der Waals surface area contributed by atoms with E-state index >= 15 is 0 Å². The molecule has 94 valence electrons. The van der Waals surface area contributed by atoms with Crippen molar-refractivity contribution in [3.8, 4) is 0 Å². The van der Waals surface area contributed by atoms with Gasteiger partial charge in [-0.05, 0) is 55.9 Å². The van der Waals surface area contributed by atoms with E-state index in [1.54, 1.807) is 12.1 Å². The molecule has 2 rings (SSSR count). The fraction of sp³-hybridized carbons (Fsp3) is 0.571. The molecule has 0 bridgehead atoms. The molecule has 17 heavy (non-hydrogen) atoms. The number of hydrogen-bond acceptors (Lipinski definition) is 2. The lowest BCUT2D eigenvalue weighted by Crippen LogP contribution is -2.30. The summed E-state index contributed by atoms with van der Waals surface area (Å²) in [5.74, 6) is -0.185. The molecule has 0 radical (unpaired) electrons. The highest BCUT2D eigenvalue weighted by atomic mass is 19.1. The number of ether oxygens (including phenoxy) is 1. The second kappa shape index (κ2) is 5.61. The van der Waals surface area contributed by atoms with Crippen molar-refractivity contribution >= 4 is 0 Å². The van der Waals surface area contributed by atoms with Crippen molar-refractivity contribution < 1.29 is 9.13 Å². The minimum Gasteiger partial charge on any atom is -0.374 e. The van der Waals surface area contributed by atoms with Crippen molar-refractivity contribution in [1.29, 1.82) is 0 Å². The highest BCUT2D eigenvalue weighted by Gasteiger charge is 2.18. The van der Waals surface area contributed by atoms with E-state index in [0.29, 0.717) is 18.8 Å². The summed E-state index contributed by atoms with van der Waals surface area (Å²) in [7, 11) is 0. The quantitative estimate of drug-likeness (QED) is 0.877. The highest BCUT2D eigenvalue weighted by molar-refractivity contribution is 5.25. The molecule has 2 N–H and O–H groups in total. The van der Waals surface area contributed by atoms with E-state index in [2.05, 4.69) is 0 Å². The van der Waals surface area contributed by atoms with Crippen LogP contribution in [0.25, 0.3) is 0 Å². The standard InChI is InChI=1S/C14H20FNO/c1-10-8-12(15)3-2-11(10)9-17-14-6-4-13(16)5-7-14/h2-3,8,13-14H,4-7,9,16H2,1H3. The van der Waals surface area contributed by atoms with Gasteiger partial charge in [0.15, 0.2) is 0 Å². The van der Waals surface area contributed by atoms with Gasteiger partial charge >= 0.3 is 0 Å². The Morgan fingerprint density at radius 3 is 2.65 bits per heavy atom. The van der Waals surface area contributed by atoms with Crippen LogP contribution in [0, 0.1) is 12.7 Å². The van der Waals surface area contributed by atoms with Crippen molar-refractivity contribution in [2.24, 2.45) is 5.73 Å². The van der Waals surface area contributed by atoms with Gasteiger partial charge in [0.2, 0.25) is 0 Å². The number of rotatable bonds is 3. The van der Waals surface area contributed by atoms with Crippen LogP contribution in [0.15, 0.2) is 18.2 Å². The van der Waals surface area contributed by atoms with Crippen LogP contribution in [-0.4, -0.2) is 12.1 Å². The topological polar surface area (TPSA) is 35.2 Å². The Morgan fingerprint density at radius 1 is 1.29 bits per heavy atom. The smallest absolute Gasteiger partial charge is 0.123 e. The third-order valence-electron chi connectivity index (χ3n) is 3.50. The van der Waals surface area contributed by atoms with Gasteiger partial charge in [-0.2, -0.15) is 0 Å². The molecule has 1 aliphatic carbocycles. The summed E-state index contributed by atoms with van der Waals surface area (Å²) in [5, 5.41) is 0. The molecule has 0 amide bonds. The van der Waals surface area contributed by atoms with Crippen LogP contribution in [0.2, 0.25) is 0 Å². The van der Waals surface area contributed by atoms with Crippen LogP contribution < -0.4 is 5.73 Å². The molecule has 0 atom stereocenters. The SMILES string of the molecule is Cc1cc(F)ccc1COC1CCC(N)CC1. The molecule has 0 unspecified atom stereocenters. The Kier molecular flexibility index (Phi) is 4.13. The van der Waals surface area contributed by atoms with Crippen molar-refractivity contribution in [1.82, 2.24) is 0 Å². The minimum atomic E-state index is -0.185. The molecule has 1 fully saturated rings. The maximum Gasteiger partial charge on any atom is 0.123 e. The molecule has 1 aromatic carbocycles. The van der Waals surface area contributed by atoms with Gasteiger partial charge in [-0.15, -0.1) is 0 Å². The third kappa shape index (κ3) is 3.51. The normalized spacial score (nSPS) is 24.9. The first kappa shape index (κ1) is 12.5. The molecule has 0 aromatic heterocycles. The van der Waals surface area contributed by atoms with Gasteiger partial charge in [-0.3, -0.25) is 0 Å². The molecule has 0 heterocycles. The lowest BCUT2D eigenvalue weighted by molar-refractivity contribution is 0.0136. The summed E-state index contributed by atoms with van der Waals surface area (Å²) in [5.41, 5.74) is 7.87. The van der Waals surface area contributed by atoms with Gasteiger partial charge in [0.25, 0.3) is 0 Å². The van der Waals surface area contributed by atoms with Gasteiger partial charge in [-0.25, -0.2) is 4.39 Å². The summed E-state index contributed by atoms with van der Waals surface area (Å²) in [6.45, 7) is 2.49. The molecule has 0 spiro atoms. The van der Waals surface area contributed by atoms with Crippen LogP contribution in [-0.2, 0) is 11.3 Å². The number of nitrogens with two attached hydrogens (primary N) is 1. The summed E-state index contributed by atoms with van der Waals surface area (Å²) >= 11 is 0. The fourth-order valence-corrected chi connectivity index (χ4v) is 2.28. The predicted octanol–water partition coefficient (Wildman–Crippen LogP) is 2.92. The Morgan fingerprint density at radius 2 is 2.00 bits per heavy atom. The van der Waals surface area contributed by atoms with Crippen LogP contribution in [0.4, 0.5) is 4.39 Å². The van der Waals surface area contributed by atoms with Gasteiger partial charge in [-0.1, -0.05) is 6.07 Å². The average Bonchev–Trinajstić information content (AvgIpc) is 2.30. The van der Waals surface area contributed by atoms with Crippen LogP contribution in [0.3, 0.4) is 0 Å². The first-order valence-electron chi connectivity index (χ1n) is 6.27. The molecule has 2 nitrogen and oxygen atoms in total. The molecular weight excluding hydrogens is 217 g/mol. The van der Waals surface area contributed by atoms with Crippen LogP contribution in [0.1, 0.15) is 36.8 Å². The number of aryl methyl sites for hydroxylation is 1. The lowest BCUT2D eigenvalue weighted by Gasteiger charge is -2.26. The molecule has 0 aliphatic heterocycles. The molecule has 1 aliphatic rings. The van der Waals surface area contributed by atoms with Gasteiger partial charge in [0, 0.05) is 6.04 Å². The summed E-state index contributed by atoms with van der Waals surface area (Å²) in [6.07, 6.45) is 4.50. The second-order valence-corrected chi connectivity index (χ2v) is 4.92. The number of hydrogen-bond donors (Lipinski definition) is 1. The Labute approximate surface area is 102 Å². The van der Waals surface area contributed by atoms with Gasteiger partial charge < -0.3 is 10.5 Å². The van der Waals surface area contributed by atoms with Crippen LogP contribution >= 0.6 is 0 Å². The highest BCUT2D eigenvalue weighted by Crippen LogP contribution is 2.21. The fourth-order valence-electron chi connectivity index (χ4n) is 2.28. The van der Waals surface area contributed by atoms with Crippen molar-refractivity contribution in [2.75, 3.05) is 0 Å². The second-order valence-electron chi connectivity index (χ2n) is 4.92. The van der Waals surface area contributed by atoms with E-state index in [1.165, 1.54) is 6.07 Å². The van der Waals surface area contributed by atoms with E-state index in [1.807, 2.05) is 6.92 Å². The summed E-state index contributed by atoms with van der Waals surface area (Å²) in [4.78, 5) is 0. The zero-order valence-electron chi connectivity index (χ0n) is 10.3. The summed E-state index contributed by atoms with van der Waals surface area (Å²) in [6, 6.07) is 5.19. The molecular formula is C14H20FNO. The molecule has 1 saturated carbocycles. The first-order chi connectivity index (χ1) is 8.15. The number of benzene rings is 1. The van der Waals surface area contributed by atoms with Gasteiger partial charge in [0.05, 0.1) is 12.7 Å². The molecule has 1 aromatic rings. The van der Waals surface area contributed by atoms with E-state index in [4.69, 9.17) is 10.5 Å². The monoisotopic (exact) mass is 237 g/mol. The summed E-state index contributed by atoms with van der Waals surface area (Å²) < 4.78 is 18.8. The van der Waals surface area contributed by atoms with Crippen molar-refractivity contribution in [3.63, 3.8) is 0 Å². The van der Waals surface area contributed by atoms with Crippen LogP contribution in [0.5, 0.6) is 0 Å². The van der Waals surface area contributed by atoms with Crippen molar-refractivity contribution in [3.05, 3.63) is 35.1 Å². The maximum absolute atomic E-state index is 12.9. The van der Waals surface area contributed by atoms with E-state index in [-0.39, 0.29) is 5.82 Å². The van der Waals surface area contributed by atoms with Crippen molar-refractivity contribution in [2.45, 2.75) is 51.4 Å². The zero-order valence-corrected chi connectivity index (χ0v) is 10.3. The molecule has 3 heteroatoms. The van der Waals surface area contributed by atoms with E-state index in [9.17, 15) is 4.39 Å². The van der Waals surface area contributed by atoms with E-state index in [0.717, 1.165) is 36.8 Å². The Balaban J connectivity index is 1.85. The van der Waals surface area contributed by atoms with Gasteiger partial charge in [0.1, 0.15) is 5.82 Å². The zero-order chi connectivity index (χ0) is 12.3. The van der Waals surface area contributed by atoms with E-state index < -0.39 is 0 Å². The lowest BCUT2D eigenvalue weighted by atomic mass is 9.94. The predicted molar refractivity (Wildman–Crippen MR) is 66.2 cm³/mol. The Hall–Kier alpha value is -0.930. The minimum absolute atomic E-state index is 0.185.